The zero-order valence-corrected chi connectivity index (χ0v) is 10.5. The van der Waals surface area contributed by atoms with Gasteiger partial charge in [-0.25, -0.2) is 0 Å². The van der Waals surface area contributed by atoms with Crippen LogP contribution in [-0.4, -0.2) is 27.9 Å². The number of nitro benzene ring substituents is 1. The Morgan fingerprint density at radius 1 is 1.37 bits per heavy atom. The van der Waals surface area contributed by atoms with Gasteiger partial charge in [-0.2, -0.15) is 0 Å². The van der Waals surface area contributed by atoms with Crippen molar-refractivity contribution in [1.29, 1.82) is 0 Å². The van der Waals surface area contributed by atoms with Gasteiger partial charge in [0.1, 0.15) is 6.04 Å². The molecule has 7 nitrogen and oxygen atoms in total. The fourth-order valence-corrected chi connectivity index (χ4v) is 1.46. The lowest BCUT2D eigenvalue weighted by Gasteiger charge is -2.14. The molecular weight excluding hydrogens is 252 g/mol. The summed E-state index contributed by atoms with van der Waals surface area (Å²) < 4.78 is 0. The predicted octanol–water partition coefficient (Wildman–Crippen LogP) is 1.29. The van der Waals surface area contributed by atoms with Crippen LogP contribution in [0.25, 0.3) is 0 Å². The van der Waals surface area contributed by atoms with Crippen molar-refractivity contribution in [2.24, 2.45) is 0 Å². The van der Waals surface area contributed by atoms with Crippen molar-refractivity contribution in [3.8, 4) is 0 Å². The summed E-state index contributed by atoms with van der Waals surface area (Å²) in [6.45, 7) is 2.91. The Morgan fingerprint density at radius 3 is 2.53 bits per heavy atom. The van der Waals surface area contributed by atoms with Gasteiger partial charge in [0.05, 0.1) is 10.8 Å². The van der Waals surface area contributed by atoms with E-state index in [2.05, 4.69) is 5.32 Å². The van der Waals surface area contributed by atoms with E-state index in [-0.39, 0.29) is 5.69 Å². The summed E-state index contributed by atoms with van der Waals surface area (Å²) in [6, 6.07) is 4.69. The van der Waals surface area contributed by atoms with E-state index < -0.39 is 28.8 Å². The maximum Gasteiger partial charge on any atom is 0.325 e. The van der Waals surface area contributed by atoms with Crippen molar-refractivity contribution in [1.82, 2.24) is 5.32 Å². The molecule has 2 atom stereocenters. The summed E-state index contributed by atoms with van der Waals surface area (Å²) in [5.74, 6) is -2.29. The normalized spacial score (nSPS) is 13.4. The van der Waals surface area contributed by atoms with Gasteiger partial charge in [0.15, 0.2) is 0 Å². The third kappa shape index (κ3) is 3.77. The van der Waals surface area contributed by atoms with Crippen LogP contribution >= 0.6 is 0 Å². The standard InChI is InChI=1S/C12H14N2O5/c1-7(11(15)13-8(2)12(16)17)9-4-3-5-10(6-9)14(18)19/h3-8H,1-2H3,(H,13,15)(H,16,17). The van der Waals surface area contributed by atoms with Crippen LogP contribution in [0.1, 0.15) is 25.3 Å². The maximum absolute atomic E-state index is 11.8. The van der Waals surface area contributed by atoms with Crippen molar-refractivity contribution >= 4 is 17.6 Å². The molecule has 1 rings (SSSR count). The molecule has 1 aromatic carbocycles. The Kier molecular flexibility index (Phi) is 4.57. The Morgan fingerprint density at radius 2 is 2.00 bits per heavy atom. The molecular formula is C12H14N2O5. The number of non-ortho nitro benzene ring substituents is 1. The second kappa shape index (κ2) is 5.94. The van der Waals surface area contributed by atoms with Crippen molar-refractivity contribution in [2.75, 3.05) is 0 Å². The van der Waals surface area contributed by atoms with Crippen LogP contribution in [0, 0.1) is 10.1 Å². The molecule has 1 aromatic rings. The van der Waals surface area contributed by atoms with E-state index >= 15 is 0 Å². The molecule has 2 N–H and O–H groups in total. The monoisotopic (exact) mass is 266 g/mol. The third-order valence-corrected chi connectivity index (χ3v) is 2.70. The van der Waals surface area contributed by atoms with E-state index in [1.54, 1.807) is 13.0 Å². The fraction of sp³-hybridized carbons (Fsp3) is 0.333. The zero-order valence-electron chi connectivity index (χ0n) is 10.5. The first-order valence-corrected chi connectivity index (χ1v) is 5.60. The molecule has 0 heterocycles. The van der Waals surface area contributed by atoms with Crippen molar-refractivity contribution < 1.29 is 19.6 Å². The van der Waals surface area contributed by atoms with Crippen molar-refractivity contribution in [2.45, 2.75) is 25.8 Å². The molecule has 19 heavy (non-hydrogen) atoms. The van der Waals surface area contributed by atoms with E-state index in [1.165, 1.54) is 25.1 Å². The Bertz CT molecular complexity index is 515. The lowest BCUT2D eigenvalue weighted by atomic mass is 9.99. The number of carbonyl (C=O) groups is 2. The van der Waals surface area contributed by atoms with Crippen LogP contribution in [0.4, 0.5) is 5.69 Å². The average Bonchev–Trinajstić information content (AvgIpc) is 2.37. The Labute approximate surface area is 109 Å². The average molecular weight is 266 g/mol. The highest BCUT2D eigenvalue weighted by molar-refractivity contribution is 5.87. The quantitative estimate of drug-likeness (QED) is 0.616. The number of carboxylic acid groups (broad SMARTS) is 1. The zero-order chi connectivity index (χ0) is 14.6. The summed E-state index contributed by atoms with van der Waals surface area (Å²) in [7, 11) is 0. The van der Waals surface area contributed by atoms with Gasteiger partial charge in [0.25, 0.3) is 5.69 Å². The number of aliphatic carboxylic acids is 1. The number of nitrogens with one attached hydrogen (secondary N) is 1. The minimum absolute atomic E-state index is 0.108. The molecule has 0 aliphatic heterocycles. The van der Waals surface area contributed by atoms with E-state index in [4.69, 9.17) is 5.11 Å². The van der Waals surface area contributed by atoms with Gasteiger partial charge >= 0.3 is 5.97 Å². The summed E-state index contributed by atoms with van der Waals surface area (Å²) in [5, 5.41) is 21.7. The first-order valence-electron chi connectivity index (χ1n) is 5.60. The van der Waals surface area contributed by atoms with Crippen molar-refractivity contribution in [3.63, 3.8) is 0 Å². The van der Waals surface area contributed by atoms with Crippen LogP contribution in [0.5, 0.6) is 0 Å². The Balaban J connectivity index is 2.85. The number of nitrogens with zero attached hydrogens (tertiary/aromatic N) is 1. The maximum atomic E-state index is 11.8. The van der Waals surface area contributed by atoms with Crippen LogP contribution < -0.4 is 5.32 Å². The molecule has 0 aromatic heterocycles. The smallest absolute Gasteiger partial charge is 0.325 e. The van der Waals surface area contributed by atoms with Gasteiger partial charge in [0, 0.05) is 12.1 Å². The van der Waals surface area contributed by atoms with Crippen LogP contribution in [0.2, 0.25) is 0 Å². The molecule has 7 heteroatoms. The molecule has 102 valence electrons. The highest BCUT2D eigenvalue weighted by atomic mass is 16.6. The second-order valence-electron chi connectivity index (χ2n) is 4.14. The largest absolute Gasteiger partial charge is 0.480 e. The molecule has 2 unspecified atom stereocenters. The summed E-state index contributed by atoms with van der Waals surface area (Å²) in [4.78, 5) is 32.5. The molecule has 0 saturated heterocycles. The molecule has 0 aliphatic carbocycles. The molecule has 0 aliphatic rings. The second-order valence-corrected chi connectivity index (χ2v) is 4.14. The number of nitro groups is 1. The number of amides is 1. The first-order chi connectivity index (χ1) is 8.82. The molecule has 0 bridgehead atoms. The Hall–Kier alpha value is -2.44. The highest BCUT2D eigenvalue weighted by Crippen LogP contribution is 2.20. The minimum Gasteiger partial charge on any atom is -0.480 e. The van der Waals surface area contributed by atoms with Crippen LogP contribution in [0.15, 0.2) is 24.3 Å². The topological polar surface area (TPSA) is 110 Å². The SMILES string of the molecule is CC(NC(=O)C(C)c1cccc([N+](=O)[O-])c1)C(=O)O. The summed E-state index contributed by atoms with van der Waals surface area (Å²) in [5.41, 5.74) is 0.354. The number of hydrogen-bond acceptors (Lipinski definition) is 4. The van der Waals surface area contributed by atoms with Gasteiger partial charge < -0.3 is 10.4 Å². The molecule has 0 fully saturated rings. The van der Waals surface area contributed by atoms with Gasteiger partial charge in [-0.05, 0) is 19.4 Å². The van der Waals surface area contributed by atoms with E-state index in [0.29, 0.717) is 5.56 Å². The third-order valence-electron chi connectivity index (χ3n) is 2.70. The molecule has 0 saturated carbocycles. The molecule has 0 radical (unpaired) electrons. The van der Waals surface area contributed by atoms with Gasteiger partial charge in [-0.3, -0.25) is 19.7 Å². The number of carbonyl (C=O) groups excluding carboxylic acids is 1. The number of rotatable bonds is 5. The molecule has 0 spiro atoms. The minimum atomic E-state index is -1.14. The molecule has 1 amide bonds. The number of hydrogen-bond donors (Lipinski definition) is 2. The summed E-state index contributed by atoms with van der Waals surface area (Å²) in [6.07, 6.45) is 0. The van der Waals surface area contributed by atoms with Crippen LogP contribution in [-0.2, 0) is 9.59 Å². The number of benzene rings is 1. The first kappa shape index (κ1) is 14.6. The summed E-state index contributed by atoms with van der Waals surface area (Å²) >= 11 is 0. The van der Waals surface area contributed by atoms with Gasteiger partial charge in [-0.15, -0.1) is 0 Å². The highest BCUT2D eigenvalue weighted by Gasteiger charge is 2.21. The van der Waals surface area contributed by atoms with E-state index in [9.17, 15) is 19.7 Å². The lowest BCUT2D eigenvalue weighted by molar-refractivity contribution is -0.384. The predicted molar refractivity (Wildman–Crippen MR) is 66.8 cm³/mol. The number of carboxylic acids is 1. The van der Waals surface area contributed by atoms with E-state index in [1.807, 2.05) is 0 Å². The van der Waals surface area contributed by atoms with Gasteiger partial charge in [-0.1, -0.05) is 12.1 Å². The van der Waals surface area contributed by atoms with Crippen LogP contribution in [0.3, 0.4) is 0 Å². The van der Waals surface area contributed by atoms with E-state index in [0.717, 1.165) is 0 Å². The van der Waals surface area contributed by atoms with Crippen molar-refractivity contribution in [3.05, 3.63) is 39.9 Å². The fourth-order valence-electron chi connectivity index (χ4n) is 1.46. The van der Waals surface area contributed by atoms with Gasteiger partial charge in [0.2, 0.25) is 5.91 Å². The lowest BCUT2D eigenvalue weighted by Crippen LogP contribution is -2.40.